The van der Waals surface area contributed by atoms with E-state index in [1.54, 1.807) is 13.8 Å². The van der Waals surface area contributed by atoms with Crippen LogP contribution in [0.4, 0.5) is 14.5 Å². The van der Waals surface area contributed by atoms with Crippen molar-refractivity contribution < 1.29 is 26.7 Å². The van der Waals surface area contributed by atoms with Crippen LogP contribution in [-0.4, -0.2) is 42.9 Å². The van der Waals surface area contributed by atoms with E-state index < -0.39 is 34.6 Å². The Balaban J connectivity index is 2.25. The lowest BCUT2D eigenvalue weighted by atomic mass is 10.3. The predicted octanol–water partition coefficient (Wildman–Crippen LogP) is 2.12. The minimum absolute atomic E-state index is 0.00207. The Morgan fingerprint density at radius 3 is 2.45 bits per heavy atom. The van der Waals surface area contributed by atoms with Crippen LogP contribution in [0.5, 0.6) is 5.75 Å². The molecule has 11 heteroatoms. The standard InChI is InChI=1S/C18H21F2N3O5S/c1-3-23(4-2)29(26,27)13-9-10-17(25)22(11-13)12-16(24)21-14-7-5-6-8-15(14)28-18(19)20/h5-11,18H,3-4,12H2,1-2H3,(H,21,24). The third-order valence-corrected chi connectivity index (χ3v) is 6.02. The molecule has 1 amide bonds. The first kappa shape index (κ1) is 22.5. The fourth-order valence-electron chi connectivity index (χ4n) is 2.61. The van der Waals surface area contributed by atoms with Crippen LogP contribution in [-0.2, 0) is 21.4 Å². The zero-order valence-electron chi connectivity index (χ0n) is 15.8. The average Bonchev–Trinajstić information content (AvgIpc) is 2.65. The number of hydrogen-bond donors (Lipinski definition) is 1. The summed E-state index contributed by atoms with van der Waals surface area (Å²) in [4.78, 5) is 24.2. The Bertz CT molecular complexity index is 1020. The summed E-state index contributed by atoms with van der Waals surface area (Å²) in [6, 6.07) is 7.81. The lowest BCUT2D eigenvalue weighted by molar-refractivity contribution is -0.116. The first-order valence-corrected chi connectivity index (χ1v) is 10.2. The third-order valence-electron chi connectivity index (χ3n) is 3.99. The highest BCUT2D eigenvalue weighted by molar-refractivity contribution is 7.89. The molecule has 0 saturated carbocycles. The lowest BCUT2D eigenvalue weighted by Crippen LogP contribution is -2.33. The molecule has 0 spiro atoms. The molecule has 0 aliphatic heterocycles. The number of nitrogens with zero attached hydrogens (tertiary/aromatic N) is 2. The Morgan fingerprint density at radius 1 is 1.17 bits per heavy atom. The number of anilines is 1. The molecule has 0 unspecified atom stereocenters. The fourth-order valence-corrected chi connectivity index (χ4v) is 4.09. The van der Waals surface area contributed by atoms with Crippen LogP contribution in [0.25, 0.3) is 0 Å². The van der Waals surface area contributed by atoms with Crippen LogP contribution in [0.2, 0.25) is 0 Å². The first-order valence-electron chi connectivity index (χ1n) is 8.73. The average molecular weight is 429 g/mol. The Hall–Kier alpha value is -2.79. The Labute approximate surface area is 166 Å². The summed E-state index contributed by atoms with van der Waals surface area (Å²) in [5.74, 6) is -0.948. The Morgan fingerprint density at radius 2 is 1.83 bits per heavy atom. The van der Waals surface area contributed by atoms with Crippen LogP contribution in [0.1, 0.15) is 13.8 Å². The summed E-state index contributed by atoms with van der Waals surface area (Å²) in [5.41, 5.74) is -0.589. The van der Waals surface area contributed by atoms with Gasteiger partial charge in [0.25, 0.3) is 5.56 Å². The number of carbonyl (C=O) groups excluding carboxylic acids is 1. The van der Waals surface area contributed by atoms with Gasteiger partial charge in [-0.3, -0.25) is 9.59 Å². The van der Waals surface area contributed by atoms with E-state index in [0.717, 1.165) is 16.8 Å². The molecule has 1 heterocycles. The molecule has 158 valence electrons. The van der Waals surface area contributed by atoms with Gasteiger partial charge in [0.1, 0.15) is 12.3 Å². The molecule has 0 saturated heterocycles. The van der Waals surface area contributed by atoms with Crippen LogP contribution in [0.3, 0.4) is 0 Å². The second-order valence-corrected chi connectivity index (χ2v) is 7.78. The number of hydrogen-bond acceptors (Lipinski definition) is 5. The number of pyridine rings is 1. The molecule has 29 heavy (non-hydrogen) atoms. The predicted molar refractivity (Wildman–Crippen MR) is 103 cm³/mol. The van der Waals surface area contributed by atoms with Crippen LogP contribution in [0.15, 0.2) is 52.3 Å². The number of alkyl halides is 2. The quantitative estimate of drug-likeness (QED) is 0.659. The van der Waals surface area contributed by atoms with Gasteiger partial charge in [-0.2, -0.15) is 13.1 Å². The van der Waals surface area contributed by atoms with Gasteiger partial charge in [0.05, 0.1) is 10.6 Å². The highest BCUT2D eigenvalue weighted by Crippen LogP contribution is 2.25. The Kier molecular flexibility index (Phi) is 7.46. The van der Waals surface area contributed by atoms with Crippen molar-refractivity contribution in [1.29, 1.82) is 0 Å². The van der Waals surface area contributed by atoms with Gasteiger partial charge >= 0.3 is 6.61 Å². The molecule has 0 bridgehead atoms. The number of ether oxygens (including phenoxy) is 1. The number of para-hydroxylation sites is 2. The van der Waals surface area contributed by atoms with E-state index in [0.29, 0.717) is 0 Å². The van der Waals surface area contributed by atoms with Gasteiger partial charge in [0, 0.05) is 25.4 Å². The summed E-state index contributed by atoms with van der Waals surface area (Å²) in [6.45, 7) is 0.285. The molecule has 0 atom stereocenters. The smallest absolute Gasteiger partial charge is 0.387 e. The third kappa shape index (κ3) is 5.61. The van der Waals surface area contributed by atoms with Gasteiger partial charge in [0.15, 0.2) is 0 Å². The number of carbonyl (C=O) groups is 1. The number of halogens is 2. The molecule has 0 aliphatic carbocycles. The molecule has 0 aliphatic rings. The molecule has 1 N–H and O–H groups in total. The van der Waals surface area contributed by atoms with Crippen molar-refractivity contribution in [2.75, 3.05) is 18.4 Å². The molecule has 2 aromatic rings. The lowest BCUT2D eigenvalue weighted by Gasteiger charge is -2.19. The van der Waals surface area contributed by atoms with Crippen molar-refractivity contribution in [3.8, 4) is 5.75 Å². The zero-order valence-corrected chi connectivity index (χ0v) is 16.7. The summed E-state index contributed by atoms with van der Waals surface area (Å²) >= 11 is 0. The second-order valence-electron chi connectivity index (χ2n) is 5.84. The van der Waals surface area contributed by atoms with E-state index in [2.05, 4.69) is 10.1 Å². The summed E-state index contributed by atoms with van der Waals surface area (Å²) in [6.07, 6.45) is 1.08. The molecule has 8 nitrogen and oxygen atoms in total. The van der Waals surface area contributed by atoms with E-state index >= 15 is 0 Å². The summed E-state index contributed by atoms with van der Waals surface area (Å²) < 4.78 is 56.6. The summed E-state index contributed by atoms with van der Waals surface area (Å²) in [7, 11) is -3.82. The number of sulfonamides is 1. The highest BCUT2D eigenvalue weighted by Gasteiger charge is 2.22. The van der Waals surface area contributed by atoms with E-state index in [1.165, 1.54) is 34.6 Å². The number of amides is 1. The van der Waals surface area contributed by atoms with Gasteiger partial charge in [-0.05, 0) is 18.2 Å². The molecule has 1 aromatic carbocycles. The number of aromatic nitrogens is 1. The van der Waals surface area contributed by atoms with Crippen molar-refractivity contribution in [3.05, 3.63) is 52.9 Å². The maximum absolute atomic E-state index is 12.6. The van der Waals surface area contributed by atoms with Crippen molar-refractivity contribution in [2.24, 2.45) is 0 Å². The SMILES string of the molecule is CCN(CC)S(=O)(=O)c1ccc(=O)n(CC(=O)Nc2ccccc2OC(F)F)c1. The van der Waals surface area contributed by atoms with Crippen LogP contribution in [0, 0.1) is 0 Å². The molecular formula is C18H21F2N3O5S. The highest BCUT2D eigenvalue weighted by atomic mass is 32.2. The number of rotatable bonds is 9. The first-order chi connectivity index (χ1) is 13.7. The van der Waals surface area contributed by atoms with E-state index in [-0.39, 0.29) is 29.4 Å². The van der Waals surface area contributed by atoms with Crippen molar-refractivity contribution in [2.45, 2.75) is 31.9 Å². The molecular weight excluding hydrogens is 408 g/mol. The van der Waals surface area contributed by atoms with E-state index in [9.17, 15) is 26.8 Å². The molecule has 0 fully saturated rings. The van der Waals surface area contributed by atoms with Crippen LogP contribution >= 0.6 is 0 Å². The van der Waals surface area contributed by atoms with Gasteiger partial charge in [-0.25, -0.2) is 8.42 Å². The largest absolute Gasteiger partial charge is 0.433 e. The van der Waals surface area contributed by atoms with Crippen molar-refractivity contribution in [1.82, 2.24) is 8.87 Å². The maximum Gasteiger partial charge on any atom is 0.387 e. The summed E-state index contributed by atoms with van der Waals surface area (Å²) in [5, 5.41) is 2.38. The molecule has 1 aromatic heterocycles. The number of nitrogens with one attached hydrogen (secondary N) is 1. The monoisotopic (exact) mass is 429 g/mol. The van der Waals surface area contributed by atoms with Crippen molar-refractivity contribution in [3.63, 3.8) is 0 Å². The molecule has 2 rings (SSSR count). The fraction of sp³-hybridized carbons (Fsp3) is 0.333. The van der Waals surface area contributed by atoms with Crippen LogP contribution < -0.4 is 15.6 Å². The van der Waals surface area contributed by atoms with Gasteiger partial charge in [-0.15, -0.1) is 0 Å². The van der Waals surface area contributed by atoms with Gasteiger partial charge in [-0.1, -0.05) is 26.0 Å². The number of benzene rings is 1. The topological polar surface area (TPSA) is 97.7 Å². The van der Waals surface area contributed by atoms with Crippen molar-refractivity contribution >= 4 is 21.6 Å². The second kappa shape index (κ2) is 9.61. The van der Waals surface area contributed by atoms with E-state index in [4.69, 9.17) is 0 Å². The van der Waals surface area contributed by atoms with Gasteiger partial charge in [0.2, 0.25) is 15.9 Å². The zero-order chi connectivity index (χ0) is 21.6. The minimum atomic E-state index is -3.82. The molecule has 0 radical (unpaired) electrons. The maximum atomic E-state index is 12.6. The normalized spacial score (nSPS) is 11.7. The van der Waals surface area contributed by atoms with E-state index in [1.807, 2.05) is 0 Å². The van der Waals surface area contributed by atoms with Gasteiger partial charge < -0.3 is 14.6 Å². The minimum Gasteiger partial charge on any atom is -0.433 e.